The Morgan fingerprint density at radius 1 is 1.19 bits per heavy atom. The molecule has 2 aromatic heterocycles. The van der Waals surface area contributed by atoms with Crippen LogP contribution >= 0.6 is 11.3 Å². The molecule has 200 valence electrons. The number of hydrogen-bond donors (Lipinski definition) is 0. The Morgan fingerprint density at radius 3 is 2.46 bits per heavy atom. The van der Waals surface area contributed by atoms with Crippen LogP contribution in [0.3, 0.4) is 0 Å². The van der Waals surface area contributed by atoms with E-state index in [-0.39, 0.29) is 35.9 Å². The number of carbonyl (C=O) groups excluding carboxylic acids is 2. The highest BCUT2D eigenvalue weighted by Gasteiger charge is 2.29. The minimum atomic E-state index is -1.09. The van der Waals surface area contributed by atoms with Crippen molar-refractivity contribution in [2.75, 3.05) is 20.8 Å². The van der Waals surface area contributed by atoms with Gasteiger partial charge < -0.3 is 14.4 Å². The van der Waals surface area contributed by atoms with Gasteiger partial charge in [-0.1, -0.05) is 0 Å². The summed E-state index contributed by atoms with van der Waals surface area (Å²) in [5.74, 6) is -0.992. The van der Waals surface area contributed by atoms with E-state index in [0.717, 1.165) is 15.9 Å². The van der Waals surface area contributed by atoms with Crippen molar-refractivity contribution in [3.8, 4) is 5.75 Å². The Balaban J connectivity index is 2.26. The third-order valence-electron chi connectivity index (χ3n) is 6.42. The molecule has 37 heavy (non-hydrogen) atoms. The number of likely N-dealkylation sites (N-methyl/N-ethyl adjacent to an activating group) is 1. The van der Waals surface area contributed by atoms with Gasteiger partial charge >= 0.3 is 11.7 Å². The molecule has 0 bridgehead atoms. The van der Waals surface area contributed by atoms with Crippen LogP contribution in [-0.2, 0) is 22.5 Å². The minimum absolute atomic E-state index is 0.0541. The Labute approximate surface area is 218 Å². The molecule has 1 aromatic carbocycles. The summed E-state index contributed by atoms with van der Waals surface area (Å²) in [5.41, 5.74) is -0.432. The number of thiophene rings is 1. The van der Waals surface area contributed by atoms with Gasteiger partial charge in [-0.15, -0.1) is 11.3 Å². The van der Waals surface area contributed by atoms with E-state index in [1.165, 1.54) is 41.7 Å². The summed E-state index contributed by atoms with van der Waals surface area (Å²) in [7, 11) is 3.07. The lowest BCUT2D eigenvalue weighted by molar-refractivity contribution is -0.134. The second kappa shape index (κ2) is 11.3. The fraction of sp³-hybridized carbons (Fsp3) is 0.462. The minimum Gasteiger partial charge on any atom is -0.496 e. The van der Waals surface area contributed by atoms with Gasteiger partial charge in [0, 0.05) is 19.6 Å². The molecule has 0 aliphatic carbocycles. The van der Waals surface area contributed by atoms with Crippen molar-refractivity contribution in [3.63, 3.8) is 0 Å². The zero-order chi connectivity index (χ0) is 27.6. The van der Waals surface area contributed by atoms with E-state index < -0.39 is 35.0 Å². The lowest BCUT2D eigenvalue weighted by Crippen LogP contribution is -2.47. The maximum Gasteiger partial charge on any atom is 0.348 e. The number of hydrogen-bond acceptors (Lipinski definition) is 7. The van der Waals surface area contributed by atoms with Crippen molar-refractivity contribution in [3.05, 3.63) is 60.9 Å². The van der Waals surface area contributed by atoms with E-state index in [2.05, 4.69) is 0 Å². The van der Waals surface area contributed by atoms with Crippen LogP contribution < -0.4 is 16.0 Å². The third kappa shape index (κ3) is 5.31. The van der Waals surface area contributed by atoms with Crippen LogP contribution in [0.25, 0.3) is 10.2 Å². The monoisotopic (exact) mass is 533 g/mol. The lowest BCUT2D eigenvalue weighted by atomic mass is 10.1. The Hall–Kier alpha value is -3.47. The predicted octanol–water partition coefficient (Wildman–Crippen LogP) is 3.53. The number of esters is 1. The van der Waals surface area contributed by atoms with E-state index in [4.69, 9.17) is 9.47 Å². The fourth-order valence-corrected chi connectivity index (χ4v) is 5.34. The first-order valence-corrected chi connectivity index (χ1v) is 12.8. The van der Waals surface area contributed by atoms with E-state index in [1.807, 2.05) is 13.8 Å². The number of aromatic nitrogens is 2. The SMILES string of the molecule is CCOC(=O)c1sc2c(c1C)c(=O)n([C@@H](C)C(=O)N(C)C(C)C)c(=O)n2CCc1cc(F)ccc1OC. The highest BCUT2D eigenvalue weighted by Crippen LogP contribution is 2.29. The molecule has 0 saturated carbocycles. The van der Waals surface area contributed by atoms with Crippen LogP contribution in [0.4, 0.5) is 4.39 Å². The number of aryl methyl sites for hydroxylation is 3. The number of benzene rings is 1. The van der Waals surface area contributed by atoms with Crippen molar-refractivity contribution in [1.29, 1.82) is 0 Å². The molecule has 0 unspecified atom stereocenters. The molecule has 0 radical (unpaired) electrons. The van der Waals surface area contributed by atoms with E-state index >= 15 is 0 Å². The summed E-state index contributed by atoms with van der Waals surface area (Å²) in [6, 6.07) is 2.87. The molecular formula is C26H32FN3O6S. The highest BCUT2D eigenvalue weighted by molar-refractivity contribution is 7.20. The third-order valence-corrected chi connectivity index (χ3v) is 7.71. The van der Waals surface area contributed by atoms with Crippen molar-refractivity contribution < 1.29 is 23.5 Å². The van der Waals surface area contributed by atoms with Crippen LogP contribution in [-0.4, -0.2) is 52.7 Å². The molecule has 2 heterocycles. The lowest BCUT2D eigenvalue weighted by Gasteiger charge is -2.26. The summed E-state index contributed by atoms with van der Waals surface area (Å²) in [5, 5.41) is 0.172. The number of nitrogens with zero attached hydrogens (tertiary/aromatic N) is 3. The number of amides is 1. The summed E-state index contributed by atoms with van der Waals surface area (Å²) in [4.78, 5) is 55.1. The first-order chi connectivity index (χ1) is 17.4. The van der Waals surface area contributed by atoms with E-state index in [9.17, 15) is 23.6 Å². The second-order valence-corrected chi connectivity index (χ2v) is 9.99. The number of rotatable bonds is 9. The summed E-state index contributed by atoms with van der Waals surface area (Å²) >= 11 is 0.990. The Morgan fingerprint density at radius 2 is 1.86 bits per heavy atom. The quantitative estimate of drug-likeness (QED) is 0.390. The maximum atomic E-state index is 14.0. The second-order valence-electron chi connectivity index (χ2n) is 8.99. The highest BCUT2D eigenvalue weighted by atomic mass is 32.1. The predicted molar refractivity (Wildman–Crippen MR) is 140 cm³/mol. The van der Waals surface area contributed by atoms with Gasteiger partial charge in [0.1, 0.15) is 27.3 Å². The molecule has 0 aliphatic heterocycles. The summed E-state index contributed by atoms with van der Waals surface area (Å²) in [6.07, 6.45) is 0.202. The molecule has 1 atom stereocenters. The van der Waals surface area contributed by atoms with Gasteiger partial charge in [-0.05, 0) is 70.4 Å². The maximum absolute atomic E-state index is 14.0. The van der Waals surface area contributed by atoms with E-state index in [0.29, 0.717) is 21.7 Å². The molecule has 9 nitrogen and oxygen atoms in total. The fourth-order valence-electron chi connectivity index (χ4n) is 4.13. The summed E-state index contributed by atoms with van der Waals surface area (Å²) in [6.45, 7) is 8.66. The molecule has 3 rings (SSSR count). The number of methoxy groups -OCH3 is 1. The average Bonchev–Trinajstić information content (AvgIpc) is 3.20. The zero-order valence-corrected chi connectivity index (χ0v) is 22.9. The largest absolute Gasteiger partial charge is 0.496 e. The first kappa shape index (κ1) is 28.1. The molecule has 0 aliphatic rings. The van der Waals surface area contributed by atoms with Gasteiger partial charge in [-0.3, -0.25) is 14.2 Å². The molecule has 0 saturated heterocycles. The number of ether oxygens (including phenoxy) is 2. The first-order valence-electron chi connectivity index (χ1n) is 12.0. The number of fused-ring (bicyclic) bond motifs is 1. The van der Waals surface area contributed by atoms with Crippen LogP contribution in [0.5, 0.6) is 5.75 Å². The average molecular weight is 534 g/mol. The van der Waals surface area contributed by atoms with Crippen LogP contribution in [0, 0.1) is 12.7 Å². The van der Waals surface area contributed by atoms with Gasteiger partial charge in [0.15, 0.2) is 0 Å². The van der Waals surface area contributed by atoms with E-state index in [1.54, 1.807) is 20.9 Å². The van der Waals surface area contributed by atoms with Crippen molar-refractivity contribution in [2.24, 2.45) is 0 Å². The number of halogens is 1. The Kier molecular flexibility index (Phi) is 8.57. The molecule has 1 amide bonds. The smallest absolute Gasteiger partial charge is 0.348 e. The molecule has 0 spiro atoms. The van der Waals surface area contributed by atoms with Crippen molar-refractivity contribution >= 4 is 33.4 Å². The molecular weight excluding hydrogens is 501 g/mol. The normalized spacial score (nSPS) is 12.1. The van der Waals surface area contributed by atoms with Gasteiger partial charge in [0.05, 0.1) is 19.1 Å². The Bertz CT molecular complexity index is 1460. The standard InChI is InChI=1S/C26H32FN3O6S/c1-8-36-25(33)21-15(4)20-23(32)30(16(5)22(31)28(6)14(2)3)26(34)29(24(20)37-21)12-11-17-13-18(27)9-10-19(17)35-7/h9-10,13-14,16H,8,11-12H2,1-7H3/t16-/m0/s1. The zero-order valence-electron chi connectivity index (χ0n) is 22.1. The molecule has 3 aromatic rings. The topological polar surface area (TPSA) is 99.8 Å². The van der Waals surface area contributed by atoms with Gasteiger partial charge in [0.2, 0.25) is 5.91 Å². The van der Waals surface area contributed by atoms with Gasteiger partial charge in [0.25, 0.3) is 5.56 Å². The van der Waals surface area contributed by atoms with Gasteiger partial charge in [-0.2, -0.15) is 0 Å². The van der Waals surface area contributed by atoms with Crippen LogP contribution in [0.1, 0.15) is 54.5 Å². The summed E-state index contributed by atoms with van der Waals surface area (Å²) < 4.78 is 26.7. The molecule has 0 N–H and O–H groups in total. The molecule has 11 heteroatoms. The molecule has 0 fully saturated rings. The van der Waals surface area contributed by atoms with Gasteiger partial charge in [-0.25, -0.2) is 18.5 Å². The number of carbonyl (C=O) groups is 2. The van der Waals surface area contributed by atoms with Crippen molar-refractivity contribution in [1.82, 2.24) is 14.0 Å². The van der Waals surface area contributed by atoms with Crippen LogP contribution in [0.15, 0.2) is 27.8 Å². The van der Waals surface area contributed by atoms with Crippen molar-refractivity contribution in [2.45, 2.75) is 59.7 Å². The van der Waals surface area contributed by atoms with Crippen LogP contribution in [0.2, 0.25) is 0 Å².